The molecule has 0 fully saturated rings. The Morgan fingerprint density at radius 2 is 2.22 bits per heavy atom. The van der Waals surface area contributed by atoms with E-state index in [1.165, 1.54) is 0 Å². The van der Waals surface area contributed by atoms with E-state index in [9.17, 15) is 0 Å². The molecule has 98 valence electrons. The topological polar surface area (TPSA) is 65.9 Å². The molecule has 4 nitrogen and oxygen atoms in total. The lowest BCUT2D eigenvalue weighted by molar-refractivity contribution is 0.296. The molecule has 18 heavy (non-hydrogen) atoms. The number of hydrogen-bond acceptors (Lipinski definition) is 4. The highest BCUT2D eigenvalue weighted by molar-refractivity contribution is 5.30. The third-order valence-corrected chi connectivity index (χ3v) is 3.14. The molecule has 0 saturated carbocycles. The number of aromatic nitrogens is 1. The van der Waals surface area contributed by atoms with Gasteiger partial charge in [0.25, 0.3) is 0 Å². The molecule has 4 heteroatoms. The predicted molar refractivity (Wildman–Crippen MR) is 72.7 cm³/mol. The highest BCUT2D eigenvalue weighted by Gasteiger charge is 2.10. The average molecular weight is 246 g/mol. The summed E-state index contributed by atoms with van der Waals surface area (Å²) >= 11 is 0. The van der Waals surface area contributed by atoms with Crippen LogP contribution in [0, 0.1) is 17.2 Å². The SMILES string of the molecule is CC(C)C(N)CCN(C)Cc1cccnc1C#N. The van der Waals surface area contributed by atoms with Crippen LogP contribution in [0.3, 0.4) is 0 Å². The van der Waals surface area contributed by atoms with Crippen molar-refractivity contribution in [2.24, 2.45) is 11.7 Å². The minimum atomic E-state index is 0.233. The van der Waals surface area contributed by atoms with E-state index in [0.29, 0.717) is 11.6 Å². The van der Waals surface area contributed by atoms with E-state index in [1.54, 1.807) is 6.20 Å². The molecule has 0 saturated heterocycles. The van der Waals surface area contributed by atoms with Gasteiger partial charge < -0.3 is 10.6 Å². The van der Waals surface area contributed by atoms with Crippen molar-refractivity contribution in [3.05, 3.63) is 29.6 Å². The van der Waals surface area contributed by atoms with Gasteiger partial charge in [-0.05, 0) is 32.0 Å². The van der Waals surface area contributed by atoms with E-state index in [0.717, 1.165) is 25.1 Å². The van der Waals surface area contributed by atoms with Crippen molar-refractivity contribution in [2.75, 3.05) is 13.6 Å². The Kier molecular flexibility index (Phi) is 5.76. The second kappa shape index (κ2) is 7.10. The minimum absolute atomic E-state index is 0.233. The molecule has 0 aliphatic heterocycles. The van der Waals surface area contributed by atoms with Gasteiger partial charge in [-0.25, -0.2) is 4.98 Å². The first-order valence-electron chi connectivity index (χ1n) is 6.32. The summed E-state index contributed by atoms with van der Waals surface area (Å²) in [5.74, 6) is 0.506. The number of nitriles is 1. The lowest BCUT2D eigenvalue weighted by Crippen LogP contribution is -2.31. The maximum absolute atomic E-state index is 8.97. The zero-order valence-corrected chi connectivity index (χ0v) is 11.4. The van der Waals surface area contributed by atoms with Crippen LogP contribution in [0.5, 0.6) is 0 Å². The summed E-state index contributed by atoms with van der Waals surface area (Å²) in [7, 11) is 2.04. The summed E-state index contributed by atoms with van der Waals surface area (Å²) in [6.07, 6.45) is 2.62. The van der Waals surface area contributed by atoms with Crippen LogP contribution in [0.15, 0.2) is 18.3 Å². The fourth-order valence-electron chi connectivity index (χ4n) is 1.74. The molecule has 0 spiro atoms. The standard InChI is InChI=1S/C14H22N4/c1-11(2)13(16)6-8-18(3)10-12-5-4-7-17-14(12)9-15/h4-5,7,11,13H,6,8,10,16H2,1-3H3. The summed E-state index contributed by atoms with van der Waals surface area (Å²) in [6, 6.07) is 6.17. The van der Waals surface area contributed by atoms with E-state index in [2.05, 4.69) is 29.8 Å². The number of nitrogens with zero attached hydrogens (tertiary/aromatic N) is 3. The average Bonchev–Trinajstić information content (AvgIpc) is 2.36. The van der Waals surface area contributed by atoms with Crippen molar-refractivity contribution in [2.45, 2.75) is 32.9 Å². The normalized spacial score (nSPS) is 12.7. The molecule has 0 amide bonds. The Bertz CT molecular complexity index is 409. The molecule has 1 aromatic heterocycles. The Balaban J connectivity index is 2.50. The largest absolute Gasteiger partial charge is 0.327 e. The van der Waals surface area contributed by atoms with Crippen LogP contribution in [0.25, 0.3) is 0 Å². The molecule has 0 bridgehead atoms. The molecule has 2 N–H and O–H groups in total. The van der Waals surface area contributed by atoms with Crippen LogP contribution in [-0.4, -0.2) is 29.5 Å². The third-order valence-electron chi connectivity index (χ3n) is 3.14. The summed E-state index contributed by atoms with van der Waals surface area (Å²) in [6.45, 7) is 5.94. The van der Waals surface area contributed by atoms with Gasteiger partial charge in [-0.1, -0.05) is 19.9 Å². The first-order chi connectivity index (χ1) is 8.54. The van der Waals surface area contributed by atoms with Crippen molar-refractivity contribution in [3.63, 3.8) is 0 Å². The van der Waals surface area contributed by atoms with Gasteiger partial charge in [0, 0.05) is 24.3 Å². The maximum atomic E-state index is 8.97. The second-order valence-electron chi connectivity index (χ2n) is 5.06. The van der Waals surface area contributed by atoms with Gasteiger partial charge in [0.15, 0.2) is 0 Å². The zero-order chi connectivity index (χ0) is 13.5. The zero-order valence-electron chi connectivity index (χ0n) is 11.4. The van der Waals surface area contributed by atoms with Gasteiger partial charge in [-0.15, -0.1) is 0 Å². The molecule has 0 aliphatic carbocycles. The van der Waals surface area contributed by atoms with Gasteiger partial charge in [-0.2, -0.15) is 5.26 Å². The van der Waals surface area contributed by atoms with E-state index in [-0.39, 0.29) is 6.04 Å². The van der Waals surface area contributed by atoms with Crippen LogP contribution in [0.4, 0.5) is 0 Å². The van der Waals surface area contributed by atoms with Gasteiger partial charge in [-0.3, -0.25) is 0 Å². The summed E-state index contributed by atoms with van der Waals surface area (Å²) in [5, 5.41) is 8.97. The second-order valence-corrected chi connectivity index (χ2v) is 5.06. The first kappa shape index (κ1) is 14.6. The maximum Gasteiger partial charge on any atom is 0.144 e. The fourth-order valence-corrected chi connectivity index (χ4v) is 1.74. The minimum Gasteiger partial charge on any atom is -0.327 e. The number of rotatable bonds is 6. The molecule has 0 aromatic carbocycles. The highest BCUT2D eigenvalue weighted by Crippen LogP contribution is 2.09. The van der Waals surface area contributed by atoms with Gasteiger partial charge >= 0.3 is 0 Å². The summed E-state index contributed by atoms with van der Waals surface area (Å²) in [5.41, 5.74) is 7.51. The smallest absolute Gasteiger partial charge is 0.144 e. The fraction of sp³-hybridized carbons (Fsp3) is 0.571. The van der Waals surface area contributed by atoms with Crippen molar-refractivity contribution >= 4 is 0 Å². The van der Waals surface area contributed by atoms with E-state index >= 15 is 0 Å². The van der Waals surface area contributed by atoms with Gasteiger partial charge in [0.05, 0.1) is 0 Å². The van der Waals surface area contributed by atoms with Crippen LogP contribution in [0.1, 0.15) is 31.5 Å². The van der Waals surface area contributed by atoms with E-state index in [4.69, 9.17) is 11.0 Å². The molecule has 0 aliphatic rings. The molecular weight excluding hydrogens is 224 g/mol. The predicted octanol–water partition coefficient (Wildman–Crippen LogP) is 1.76. The van der Waals surface area contributed by atoms with Crippen LogP contribution in [0.2, 0.25) is 0 Å². The molecule has 1 aromatic rings. The van der Waals surface area contributed by atoms with E-state index in [1.807, 2.05) is 19.2 Å². The molecule has 1 unspecified atom stereocenters. The van der Waals surface area contributed by atoms with Crippen molar-refractivity contribution in [1.82, 2.24) is 9.88 Å². The molecule has 0 radical (unpaired) electrons. The molecular formula is C14H22N4. The molecule has 1 atom stereocenters. The number of hydrogen-bond donors (Lipinski definition) is 1. The number of pyridine rings is 1. The Morgan fingerprint density at radius 3 is 2.83 bits per heavy atom. The van der Waals surface area contributed by atoms with Crippen LogP contribution < -0.4 is 5.73 Å². The van der Waals surface area contributed by atoms with Crippen LogP contribution in [-0.2, 0) is 6.54 Å². The lowest BCUT2D eigenvalue weighted by Gasteiger charge is -2.21. The third kappa shape index (κ3) is 4.44. The number of nitrogens with two attached hydrogens (primary N) is 1. The Hall–Kier alpha value is -1.44. The summed E-state index contributed by atoms with van der Waals surface area (Å²) in [4.78, 5) is 6.24. The van der Waals surface area contributed by atoms with Crippen molar-refractivity contribution < 1.29 is 0 Å². The highest BCUT2D eigenvalue weighted by atomic mass is 15.1. The first-order valence-corrected chi connectivity index (χ1v) is 6.32. The molecule has 1 heterocycles. The quantitative estimate of drug-likeness (QED) is 0.830. The van der Waals surface area contributed by atoms with E-state index < -0.39 is 0 Å². The Labute approximate surface area is 109 Å². The summed E-state index contributed by atoms with van der Waals surface area (Å²) < 4.78 is 0. The van der Waals surface area contributed by atoms with Crippen LogP contribution >= 0.6 is 0 Å². The van der Waals surface area contributed by atoms with Gasteiger partial charge in [0.1, 0.15) is 11.8 Å². The lowest BCUT2D eigenvalue weighted by atomic mass is 10.0. The molecule has 1 rings (SSSR count). The monoisotopic (exact) mass is 246 g/mol. The van der Waals surface area contributed by atoms with Gasteiger partial charge in [0.2, 0.25) is 0 Å². The van der Waals surface area contributed by atoms with Crippen molar-refractivity contribution in [3.8, 4) is 6.07 Å². The van der Waals surface area contributed by atoms with Crippen molar-refractivity contribution in [1.29, 1.82) is 5.26 Å². The Morgan fingerprint density at radius 1 is 1.50 bits per heavy atom.